The number of carbonyl (C=O) groups excluding carboxylic acids is 1. The zero-order valence-electron chi connectivity index (χ0n) is 16.6. The van der Waals surface area contributed by atoms with Crippen LogP contribution < -0.4 is 0 Å². The van der Waals surface area contributed by atoms with Crippen LogP contribution in [0.3, 0.4) is 0 Å². The summed E-state index contributed by atoms with van der Waals surface area (Å²) >= 11 is 6.00. The quantitative estimate of drug-likeness (QED) is 0.382. The largest absolute Gasteiger partial charge is 0.339 e. The van der Waals surface area contributed by atoms with Gasteiger partial charge in [-0.05, 0) is 24.1 Å². The lowest BCUT2D eigenvalue weighted by Gasteiger charge is -2.24. The fourth-order valence-electron chi connectivity index (χ4n) is 2.98. The van der Waals surface area contributed by atoms with E-state index >= 15 is 0 Å². The summed E-state index contributed by atoms with van der Waals surface area (Å²) in [6.07, 6.45) is 0.362. The van der Waals surface area contributed by atoms with Crippen LogP contribution in [0, 0.1) is 16.0 Å². The zero-order valence-corrected chi connectivity index (χ0v) is 17.4. The van der Waals surface area contributed by atoms with E-state index in [0.29, 0.717) is 36.2 Å². The Morgan fingerprint density at radius 2 is 2.00 bits per heavy atom. The Morgan fingerprint density at radius 3 is 2.70 bits per heavy atom. The maximum atomic E-state index is 13.0. The SMILES string of the molecule is CC(C)CN(CCc1nc(-c2cccc(Cl)c2)no1)C(=O)c1cccc([N+](=O)[O-])c1. The van der Waals surface area contributed by atoms with Gasteiger partial charge in [-0.15, -0.1) is 0 Å². The van der Waals surface area contributed by atoms with E-state index in [9.17, 15) is 14.9 Å². The van der Waals surface area contributed by atoms with Crippen LogP contribution in [-0.2, 0) is 6.42 Å². The van der Waals surface area contributed by atoms with Gasteiger partial charge in [-0.1, -0.05) is 48.8 Å². The fourth-order valence-corrected chi connectivity index (χ4v) is 3.17. The van der Waals surface area contributed by atoms with E-state index < -0.39 is 4.92 Å². The number of nitro benzene ring substituents is 1. The van der Waals surface area contributed by atoms with Gasteiger partial charge >= 0.3 is 0 Å². The zero-order chi connectivity index (χ0) is 21.7. The Labute approximate surface area is 178 Å². The molecule has 0 bridgehead atoms. The number of amides is 1. The molecule has 0 spiro atoms. The number of rotatable bonds is 8. The number of nitrogens with zero attached hydrogens (tertiary/aromatic N) is 4. The minimum atomic E-state index is -0.515. The number of non-ortho nitro benzene ring substituents is 1. The van der Waals surface area contributed by atoms with Gasteiger partial charge in [0, 0.05) is 47.8 Å². The molecule has 1 heterocycles. The van der Waals surface area contributed by atoms with Gasteiger partial charge in [0.05, 0.1) is 4.92 Å². The molecule has 9 heteroatoms. The van der Waals surface area contributed by atoms with Crippen LogP contribution in [-0.4, -0.2) is 39.0 Å². The van der Waals surface area contributed by atoms with Gasteiger partial charge in [0.2, 0.25) is 11.7 Å². The summed E-state index contributed by atoms with van der Waals surface area (Å²) in [6.45, 7) is 4.84. The van der Waals surface area contributed by atoms with Gasteiger partial charge in [-0.3, -0.25) is 14.9 Å². The van der Waals surface area contributed by atoms with E-state index in [1.165, 1.54) is 18.2 Å². The van der Waals surface area contributed by atoms with Crippen molar-refractivity contribution in [1.29, 1.82) is 0 Å². The van der Waals surface area contributed by atoms with E-state index in [-0.39, 0.29) is 23.1 Å². The second-order valence-electron chi connectivity index (χ2n) is 7.22. The number of aromatic nitrogens is 2. The minimum Gasteiger partial charge on any atom is -0.339 e. The molecule has 1 amide bonds. The Hall–Kier alpha value is -3.26. The highest BCUT2D eigenvalue weighted by Crippen LogP contribution is 2.20. The molecule has 0 unspecified atom stereocenters. The number of halogens is 1. The number of nitro groups is 1. The van der Waals surface area contributed by atoms with Crippen LogP contribution >= 0.6 is 11.6 Å². The average Bonchev–Trinajstić information content (AvgIpc) is 3.19. The van der Waals surface area contributed by atoms with Gasteiger partial charge in [0.15, 0.2) is 0 Å². The molecule has 0 radical (unpaired) electrons. The molecule has 0 fully saturated rings. The molecule has 0 aliphatic rings. The molecule has 0 saturated heterocycles. The minimum absolute atomic E-state index is 0.117. The summed E-state index contributed by atoms with van der Waals surface area (Å²) in [6, 6.07) is 12.9. The first-order valence-corrected chi connectivity index (χ1v) is 9.83. The van der Waals surface area contributed by atoms with Crippen molar-refractivity contribution in [2.45, 2.75) is 20.3 Å². The predicted octanol–water partition coefficient (Wildman–Crippen LogP) is 4.64. The summed E-state index contributed by atoms with van der Waals surface area (Å²) < 4.78 is 5.32. The van der Waals surface area contributed by atoms with E-state index in [1.807, 2.05) is 19.9 Å². The smallest absolute Gasteiger partial charge is 0.270 e. The van der Waals surface area contributed by atoms with Crippen molar-refractivity contribution in [2.75, 3.05) is 13.1 Å². The normalized spacial score (nSPS) is 10.9. The predicted molar refractivity (Wildman–Crippen MR) is 112 cm³/mol. The standard InChI is InChI=1S/C21H21ClN4O4/c1-14(2)13-25(21(27)16-6-4-8-18(12-16)26(28)29)10-9-19-23-20(24-30-19)15-5-3-7-17(22)11-15/h3-8,11-12,14H,9-10,13H2,1-2H3. The Morgan fingerprint density at radius 1 is 1.23 bits per heavy atom. The van der Waals surface area contributed by atoms with Crippen molar-refractivity contribution in [1.82, 2.24) is 15.0 Å². The molecule has 30 heavy (non-hydrogen) atoms. The first kappa shape index (κ1) is 21.4. The third-order valence-electron chi connectivity index (χ3n) is 4.32. The van der Waals surface area contributed by atoms with Gasteiger partial charge in [-0.2, -0.15) is 4.98 Å². The van der Waals surface area contributed by atoms with E-state index in [2.05, 4.69) is 10.1 Å². The van der Waals surface area contributed by atoms with Crippen LogP contribution in [0.2, 0.25) is 5.02 Å². The molecular weight excluding hydrogens is 408 g/mol. The van der Waals surface area contributed by atoms with Crippen molar-refractivity contribution < 1.29 is 14.2 Å². The molecule has 156 valence electrons. The van der Waals surface area contributed by atoms with Crippen molar-refractivity contribution in [2.24, 2.45) is 5.92 Å². The fraction of sp³-hybridized carbons (Fsp3) is 0.286. The van der Waals surface area contributed by atoms with Crippen LogP contribution in [0.4, 0.5) is 5.69 Å². The number of carbonyl (C=O) groups is 1. The summed E-state index contributed by atoms with van der Waals surface area (Å²) in [5.74, 6) is 0.762. The average molecular weight is 429 g/mol. The number of hydrogen-bond donors (Lipinski definition) is 0. The molecule has 0 saturated carbocycles. The van der Waals surface area contributed by atoms with Crippen molar-refractivity contribution in [3.8, 4) is 11.4 Å². The highest BCUT2D eigenvalue weighted by Gasteiger charge is 2.20. The molecule has 2 aromatic carbocycles. The van der Waals surface area contributed by atoms with E-state index in [1.54, 1.807) is 29.2 Å². The maximum absolute atomic E-state index is 13.0. The van der Waals surface area contributed by atoms with Crippen molar-refractivity contribution in [3.63, 3.8) is 0 Å². The highest BCUT2D eigenvalue weighted by molar-refractivity contribution is 6.30. The van der Waals surface area contributed by atoms with Gasteiger partial charge < -0.3 is 9.42 Å². The molecule has 8 nitrogen and oxygen atoms in total. The lowest BCUT2D eigenvalue weighted by atomic mass is 10.1. The van der Waals surface area contributed by atoms with E-state index in [0.717, 1.165) is 5.56 Å². The molecule has 0 aliphatic heterocycles. The van der Waals surface area contributed by atoms with Crippen molar-refractivity contribution in [3.05, 3.63) is 75.1 Å². The first-order chi connectivity index (χ1) is 14.3. The maximum Gasteiger partial charge on any atom is 0.270 e. The topological polar surface area (TPSA) is 102 Å². The second-order valence-corrected chi connectivity index (χ2v) is 7.66. The Bertz CT molecular complexity index is 1050. The van der Waals surface area contributed by atoms with Crippen LogP contribution in [0.25, 0.3) is 11.4 Å². The summed E-state index contributed by atoms with van der Waals surface area (Å²) in [5.41, 5.74) is 0.896. The lowest BCUT2D eigenvalue weighted by molar-refractivity contribution is -0.384. The number of hydrogen-bond acceptors (Lipinski definition) is 6. The molecular formula is C21H21ClN4O4. The van der Waals surface area contributed by atoms with Gasteiger partial charge in [0.1, 0.15) is 0 Å². The molecule has 1 aromatic heterocycles. The third kappa shape index (κ3) is 5.42. The summed E-state index contributed by atoms with van der Waals surface area (Å²) in [5, 5.41) is 15.6. The molecule has 0 N–H and O–H groups in total. The Kier molecular flexibility index (Phi) is 6.79. The molecule has 3 rings (SSSR count). The summed E-state index contributed by atoms with van der Waals surface area (Å²) in [7, 11) is 0. The van der Waals surface area contributed by atoms with Crippen LogP contribution in [0.5, 0.6) is 0 Å². The highest BCUT2D eigenvalue weighted by atomic mass is 35.5. The first-order valence-electron chi connectivity index (χ1n) is 9.45. The monoisotopic (exact) mass is 428 g/mol. The van der Waals surface area contributed by atoms with Crippen molar-refractivity contribution >= 4 is 23.2 Å². The van der Waals surface area contributed by atoms with Gasteiger partial charge in [-0.25, -0.2) is 0 Å². The van der Waals surface area contributed by atoms with E-state index in [4.69, 9.17) is 16.1 Å². The molecule has 0 aliphatic carbocycles. The third-order valence-corrected chi connectivity index (χ3v) is 4.56. The molecule has 0 atom stereocenters. The molecule has 3 aromatic rings. The second kappa shape index (κ2) is 9.49. The number of benzene rings is 2. The Balaban J connectivity index is 1.73. The van der Waals surface area contributed by atoms with Crippen LogP contribution in [0.15, 0.2) is 53.1 Å². The lowest BCUT2D eigenvalue weighted by Crippen LogP contribution is -2.36. The van der Waals surface area contributed by atoms with Crippen LogP contribution in [0.1, 0.15) is 30.1 Å². The van der Waals surface area contributed by atoms with Gasteiger partial charge in [0.25, 0.3) is 11.6 Å². The summed E-state index contributed by atoms with van der Waals surface area (Å²) in [4.78, 5) is 29.5.